The summed E-state index contributed by atoms with van der Waals surface area (Å²) in [4.78, 5) is 11.6. The summed E-state index contributed by atoms with van der Waals surface area (Å²) in [6.07, 6.45) is 2.20. The van der Waals surface area contributed by atoms with Crippen molar-refractivity contribution in [3.8, 4) is 0 Å². The van der Waals surface area contributed by atoms with Gasteiger partial charge >= 0.3 is 5.97 Å². The number of esters is 1. The molecule has 3 saturated heterocycles. The Morgan fingerprint density at radius 3 is 2.92 bits per heavy atom. The summed E-state index contributed by atoms with van der Waals surface area (Å²) in [7, 11) is 0. The number of carbonyl (C=O) groups excluding carboxylic acids is 1. The van der Waals surface area contributed by atoms with Gasteiger partial charge in [-0.1, -0.05) is 0 Å². The Morgan fingerprint density at radius 1 is 1.46 bits per heavy atom. The van der Waals surface area contributed by atoms with Gasteiger partial charge in [0.15, 0.2) is 0 Å². The van der Waals surface area contributed by atoms with E-state index in [1.54, 1.807) is 0 Å². The Bertz CT molecular complexity index is 288. The second-order valence-corrected chi connectivity index (χ2v) is 4.89. The molecule has 0 N–H and O–H groups in total. The second kappa shape index (κ2) is 1.92. The molecule has 4 unspecified atom stereocenters. The number of cyclic esters (lactones) is 1. The predicted octanol–water partition coefficient (Wildman–Crippen LogP) is 1.12. The van der Waals surface area contributed by atoms with Crippen LogP contribution >= 0.6 is 0 Å². The molecule has 3 rings (SSSR count). The van der Waals surface area contributed by atoms with Gasteiger partial charge < -0.3 is 9.47 Å². The van der Waals surface area contributed by atoms with Gasteiger partial charge in [-0.05, 0) is 26.7 Å². The minimum absolute atomic E-state index is 0.0501. The highest BCUT2D eigenvalue weighted by Crippen LogP contribution is 2.60. The molecule has 3 aliphatic heterocycles. The topological polar surface area (TPSA) is 35.5 Å². The van der Waals surface area contributed by atoms with Gasteiger partial charge in [0.25, 0.3) is 0 Å². The maximum atomic E-state index is 11.6. The predicted molar refractivity (Wildman–Crippen MR) is 45.1 cm³/mol. The van der Waals surface area contributed by atoms with Gasteiger partial charge in [0.2, 0.25) is 0 Å². The van der Waals surface area contributed by atoms with Gasteiger partial charge in [0, 0.05) is 5.92 Å². The molecule has 13 heavy (non-hydrogen) atoms. The molecule has 0 aromatic carbocycles. The third-order valence-electron chi connectivity index (χ3n) is 4.27. The lowest BCUT2D eigenvalue weighted by Crippen LogP contribution is -2.43. The fraction of sp³-hybridized carbons (Fsp3) is 0.900. The number of carbonyl (C=O) groups is 1. The zero-order chi connectivity index (χ0) is 9.27. The molecule has 0 radical (unpaired) electrons. The SMILES string of the molecule is CC12CCC(O1)C1(C)C(=O)OCC21. The van der Waals surface area contributed by atoms with E-state index >= 15 is 0 Å². The third-order valence-corrected chi connectivity index (χ3v) is 4.27. The van der Waals surface area contributed by atoms with E-state index < -0.39 is 0 Å². The first-order valence-corrected chi connectivity index (χ1v) is 4.92. The smallest absolute Gasteiger partial charge is 0.314 e. The van der Waals surface area contributed by atoms with Crippen molar-refractivity contribution in [1.82, 2.24) is 0 Å². The van der Waals surface area contributed by atoms with Crippen molar-refractivity contribution in [1.29, 1.82) is 0 Å². The number of fused-ring (bicyclic) bond motifs is 5. The van der Waals surface area contributed by atoms with Crippen molar-refractivity contribution < 1.29 is 14.3 Å². The van der Waals surface area contributed by atoms with Crippen molar-refractivity contribution >= 4 is 5.97 Å². The molecular weight excluding hydrogens is 168 g/mol. The van der Waals surface area contributed by atoms with E-state index in [1.807, 2.05) is 6.92 Å². The highest BCUT2D eigenvalue weighted by atomic mass is 16.6. The van der Waals surface area contributed by atoms with Crippen LogP contribution < -0.4 is 0 Å². The van der Waals surface area contributed by atoms with Crippen LogP contribution in [0.25, 0.3) is 0 Å². The zero-order valence-electron chi connectivity index (χ0n) is 8.00. The molecule has 3 aliphatic rings. The maximum Gasteiger partial charge on any atom is 0.314 e. The summed E-state index contributed by atoms with van der Waals surface area (Å²) < 4.78 is 11.0. The molecule has 4 atom stereocenters. The molecule has 3 nitrogen and oxygen atoms in total. The van der Waals surface area contributed by atoms with Crippen LogP contribution in [-0.2, 0) is 14.3 Å². The number of hydrogen-bond acceptors (Lipinski definition) is 3. The Balaban J connectivity index is 2.10. The van der Waals surface area contributed by atoms with E-state index in [0.29, 0.717) is 6.61 Å². The van der Waals surface area contributed by atoms with Crippen LogP contribution in [0.4, 0.5) is 0 Å². The van der Waals surface area contributed by atoms with Gasteiger partial charge in [0.1, 0.15) is 5.41 Å². The molecule has 3 heteroatoms. The van der Waals surface area contributed by atoms with Crippen LogP contribution in [0.5, 0.6) is 0 Å². The Morgan fingerprint density at radius 2 is 2.23 bits per heavy atom. The Hall–Kier alpha value is -0.570. The Kier molecular flexibility index (Phi) is 1.15. The van der Waals surface area contributed by atoms with Crippen LogP contribution in [0, 0.1) is 11.3 Å². The molecule has 3 heterocycles. The first kappa shape index (κ1) is 7.80. The fourth-order valence-electron chi connectivity index (χ4n) is 3.34. The maximum absolute atomic E-state index is 11.6. The van der Waals surface area contributed by atoms with Crippen LogP contribution in [0.2, 0.25) is 0 Å². The van der Waals surface area contributed by atoms with Gasteiger partial charge in [-0.2, -0.15) is 0 Å². The van der Waals surface area contributed by atoms with E-state index in [-0.39, 0.29) is 29.0 Å². The minimum atomic E-state index is -0.340. The standard InChI is InChI=1S/C10H14O3/c1-9-4-3-7(13-9)10(2)6(9)5-12-8(10)11/h6-7H,3-5H2,1-2H3. The molecular formula is C10H14O3. The molecule has 0 aliphatic carbocycles. The highest BCUT2D eigenvalue weighted by Gasteiger charge is 2.70. The van der Waals surface area contributed by atoms with E-state index in [9.17, 15) is 4.79 Å². The quantitative estimate of drug-likeness (QED) is 0.526. The van der Waals surface area contributed by atoms with Gasteiger partial charge in [0.05, 0.1) is 18.3 Å². The average Bonchev–Trinajstić information content (AvgIpc) is 2.63. The zero-order valence-corrected chi connectivity index (χ0v) is 8.00. The van der Waals surface area contributed by atoms with Crippen molar-refractivity contribution in [3.05, 3.63) is 0 Å². The third kappa shape index (κ3) is 0.654. The normalized spacial score (nSPS) is 58.2. The summed E-state index contributed by atoms with van der Waals surface area (Å²) in [5.41, 5.74) is -0.432. The lowest BCUT2D eigenvalue weighted by atomic mass is 9.65. The molecule has 0 aromatic heterocycles. The first-order chi connectivity index (χ1) is 6.07. The number of hydrogen-bond donors (Lipinski definition) is 0. The first-order valence-electron chi connectivity index (χ1n) is 4.92. The van der Waals surface area contributed by atoms with Crippen LogP contribution in [0.3, 0.4) is 0 Å². The monoisotopic (exact) mass is 182 g/mol. The molecule has 72 valence electrons. The Labute approximate surface area is 77.4 Å². The van der Waals surface area contributed by atoms with E-state index in [1.165, 1.54) is 0 Å². The molecule has 3 fully saturated rings. The van der Waals surface area contributed by atoms with Crippen molar-refractivity contribution in [3.63, 3.8) is 0 Å². The molecule has 0 amide bonds. The van der Waals surface area contributed by atoms with Gasteiger partial charge in [-0.25, -0.2) is 0 Å². The minimum Gasteiger partial charge on any atom is -0.465 e. The lowest BCUT2D eigenvalue weighted by Gasteiger charge is -2.31. The lowest BCUT2D eigenvalue weighted by molar-refractivity contribution is -0.149. The van der Waals surface area contributed by atoms with Crippen LogP contribution in [0.1, 0.15) is 26.7 Å². The number of rotatable bonds is 0. The van der Waals surface area contributed by atoms with Crippen molar-refractivity contribution in [2.75, 3.05) is 6.61 Å². The highest BCUT2D eigenvalue weighted by molar-refractivity contribution is 5.80. The number of ether oxygens (including phenoxy) is 2. The second-order valence-electron chi connectivity index (χ2n) is 4.89. The largest absolute Gasteiger partial charge is 0.465 e. The van der Waals surface area contributed by atoms with Crippen molar-refractivity contribution in [2.24, 2.45) is 11.3 Å². The molecule has 2 bridgehead atoms. The van der Waals surface area contributed by atoms with Crippen LogP contribution in [0.15, 0.2) is 0 Å². The van der Waals surface area contributed by atoms with Gasteiger partial charge in [-0.15, -0.1) is 0 Å². The summed E-state index contributed by atoms with van der Waals surface area (Å²) in [5, 5.41) is 0. The summed E-state index contributed by atoms with van der Waals surface area (Å²) in [6, 6.07) is 0. The average molecular weight is 182 g/mol. The van der Waals surface area contributed by atoms with Gasteiger partial charge in [-0.3, -0.25) is 4.79 Å². The van der Waals surface area contributed by atoms with E-state index in [4.69, 9.17) is 9.47 Å². The molecule has 0 spiro atoms. The van der Waals surface area contributed by atoms with Crippen LogP contribution in [-0.4, -0.2) is 24.3 Å². The summed E-state index contributed by atoms with van der Waals surface area (Å²) in [6.45, 7) is 4.68. The van der Waals surface area contributed by atoms with E-state index in [0.717, 1.165) is 12.8 Å². The van der Waals surface area contributed by atoms with Crippen molar-refractivity contribution in [2.45, 2.75) is 38.4 Å². The summed E-state index contributed by atoms with van der Waals surface area (Å²) >= 11 is 0. The fourth-order valence-corrected chi connectivity index (χ4v) is 3.34. The molecule has 0 aromatic rings. The molecule has 0 saturated carbocycles. The summed E-state index contributed by atoms with van der Waals surface area (Å²) in [5.74, 6) is 0.233. The van der Waals surface area contributed by atoms with E-state index in [2.05, 4.69) is 6.92 Å².